The van der Waals surface area contributed by atoms with Gasteiger partial charge in [-0.15, -0.1) is 0 Å². The van der Waals surface area contributed by atoms with Crippen LogP contribution in [-0.4, -0.2) is 44.4 Å². The SMILES string of the molecule is CC(C)C(CN)C(=O)CC1CCCN(S(C)(=O)=O)C1. The smallest absolute Gasteiger partial charge is 0.211 e. The van der Waals surface area contributed by atoms with E-state index in [-0.39, 0.29) is 23.5 Å². The molecule has 0 aromatic heterocycles. The molecule has 0 aliphatic carbocycles. The maximum absolute atomic E-state index is 12.2. The second-order valence-electron chi connectivity index (χ2n) is 5.89. The molecule has 1 aliphatic heterocycles. The normalized spacial score (nSPS) is 23.5. The molecule has 2 N–H and O–H groups in total. The van der Waals surface area contributed by atoms with Crippen LogP contribution >= 0.6 is 0 Å². The summed E-state index contributed by atoms with van der Waals surface area (Å²) >= 11 is 0. The number of sulfonamides is 1. The van der Waals surface area contributed by atoms with Crippen LogP contribution in [0.3, 0.4) is 0 Å². The number of hydrogen-bond donors (Lipinski definition) is 1. The highest BCUT2D eigenvalue weighted by atomic mass is 32.2. The molecule has 0 spiro atoms. The number of Topliss-reactive ketones (excluding diaryl/α,β-unsaturated/α-hetero) is 1. The minimum Gasteiger partial charge on any atom is -0.330 e. The minimum atomic E-state index is -3.14. The Morgan fingerprint density at radius 3 is 2.53 bits per heavy atom. The van der Waals surface area contributed by atoms with Crippen molar-refractivity contribution in [2.45, 2.75) is 33.1 Å². The van der Waals surface area contributed by atoms with Crippen LogP contribution in [0.2, 0.25) is 0 Å². The van der Waals surface area contributed by atoms with Crippen molar-refractivity contribution in [1.29, 1.82) is 0 Å². The Morgan fingerprint density at radius 2 is 2.05 bits per heavy atom. The third-order valence-electron chi connectivity index (χ3n) is 3.91. The molecule has 112 valence electrons. The zero-order valence-corrected chi connectivity index (χ0v) is 12.9. The molecule has 19 heavy (non-hydrogen) atoms. The summed E-state index contributed by atoms with van der Waals surface area (Å²) in [6, 6.07) is 0. The summed E-state index contributed by atoms with van der Waals surface area (Å²) in [7, 11) is -3.14. The van der Waals surface area contributed by atoms with E-state index in [9.17, 15) is 13.2 Å². The van der Waals surface area contributed by atoms with Gasteiger partial charge in [0.25, 0.3) is 0 Å². The van der Waals surface area contributed by atoms with Gasteiger partial charge in [0.15, 0.2) is 0 Å². The molecule has 1 saturated heterocycles. The van der Waals surface area contributed by atoms with Crippen molar-refractivity contribution in [3.8, 4) is 0 Å². The minimum absolute atomic E-state index is 0.103. The van der Waals surface area contributed by atoms with Crippen LogP contribution in [0.15, 0.2) is 0 Å². The zero-order valence-electron chi connectivity index (χ0n) is 12.1. The van der Waals surface area contributed by atoms with Gasteiger partial charge in [0.05, 0.1) is 6.26 Å². The number of rotatable bonds is 6. The lowest BCUT2D eigenvalue weighted by atomic mass is 9.84. The maximum atomic E-state index is 12.2. The van der Waals surface area contributed by atoms with Crippen molar-refractivity contribution in [1.82, 2.24) is 4.31 Å². The predicted molar refractivity (Wildman–Crippen MR) is 76.1 cm³/mol. The topological polar surface area (TPSA) is 80.5 Å². The van der Waals surface area contributed by atoms with Crippen molar-refractivity contribution in [2.24, 2.45) is 23.5 Å². The molecular formula is C13H26N2O3S. The van der Waals surface area contributed by atoms with Gasteiger partial charge < -0.3 is 5.73 Å². The fourth-order valence-electron chi connectivity index (χ4n) is 2.71. The molecule has 0 aromatic carbocycles. The molecule has 6 heteroatoms. The lowest BCUT2D eigenvalue weighted by Gasteiger charge is -2.31. The van der Waals surface area contributed by atoms with E-state index < -0.39 is 10.0 Å². The van der Waals surface area contributed by atoms with Gasteiger partial charge in [-0.25, -0.2) is 12.7 Å². The highest BCUT2D eigenvalue weighted by Crippen LogP contribution is 2.24. The molecule has 2 atom stereocenters. The molecule has 1 fully saturated rings. The summed E-state index contributed by atoms with van der Waals surface area (Å²) in [6.07, 6.45) is 3.44. The highest BCUT2D eigenvalue weighted by molar-refractivity contribution is 7.88. The zero-order chi connectivity index (χ0) is 14.6. The summed E-state index contributed by atoms with van der Waals surface area (Å²) in [4.78, 5) is 12.2. The summed E-state index contributed by atoms with van der Waals surface area (Å²) in [5.74, 6) is 0.460. The Balaban J connectivity index is 2.60. The molecule has 5 nitrogen and oxygen atoms in total. The average molecular weight is 290 g/mol. The lowest BCUT2D eigenvalue weighted by Crippen LogP contribution is -2.40. The Kier molecular flexibility index (Phi) is 5.95. The van der Waals surface area contributed by atoms with Crippen molar-refractivity contribution >= 4 is 15.8 Å². The molecular weight excluding hydrogens is 264 g/mol. The molecule has 1 rings (SSSR count). The molecule has 1 aliphatic rings. The van der Waals surface area contributed by atoms with E-state index in [1.165, 1.54) is 10.6 Å². The third kappa shape index (κ3) is 4.85. The monoisotopic (exact) mass is 290 g/mol. The molecule has 0 aromatic rings. The lowest BCUT2D eigenvalue weighted by molar-refractivity contribution is -0.125. The van der Waals surface area contributed by atoms with Crippen LogP contribution in [0.5, 0.6) is 0 Å². The van der Waals surface area contributed by atoms with Crippen molar-refractivity contribution in [3.63, 3.8) is 0 Å². The van der Waals surface area contributed by atoms with Gasteiger partial charge in [-0.1, -0.05) is 13.8 Å². The first-order valence-corrected chi connectivity index (χ1v) is 8.78. The number of nitrogens with two attached hydrogens (primary N) is 1. The Hall–Kier alpha value is -0.460. The maximum Gasteiger partial charge on any atom is 0.211 e. The van der Waals surface area contributed by atoms with Crippen LogP contribution in [0.1, 0.15) is 33.1 Å². The molecule has 0 amide bonds. The Labute approximate surface area is 116 Å². The molecule has 1 heterocycles. The highest BCUT2D eigenvalue weighted by Gasteiger charge is 2.29. The van der Waals surface area contributed by atoms with E-state index in [0.29, 0.717) is 26.1 Å². The van der Waals surface area contributed by atoms with Gasteiger partial charge in [-0.3, -0.25) is 4.79 Å². The van der Waals surface area contributed by atoms with Crippen molar-refractivity contribution in [2.75, 3.05) is 25.9 Å². The van der Waals surface area contributed by atoms with E-state index in [2.05, 4.69) is 0 Å². The summed E-state index contributed by atoms with van der Waals surface area (Å²) in [5, 5.41) is 0. The Morgan fingerprint density at radius 1 is 1.42 bits per heavy atom. The van der Waals surface area contributed by atoms with Gasteiger partial charge in [0, 0.05) is 32.0 Å². The molecule has 0 saturated carbocycles. The van der Waals surface area contributed by atoms with Crippen LogP contribution in [0.4, 0.5) is 0 Å². The Bertz CT molecular complexity index is 406. The van der Waals surface area contributed by atoms with E-state index in [0.717, 1.165) is 12.8 Å². The van der Waals surface area contributed by atoms with E-state index >= 15 is 0 Å². The first kappa shape index (κ1) is 16.6. The molecule has 2 unspecified atom stereocenters. The number of carbonyl (C=O) groups excluding carboxylic acids is 1. The van der Waals surface area contributed by atoms with Crippen molar-refractivity contribution in [3.05, 3.63) is 0 Å². The largest absolute Gasteiger partial charge is 0.330 e. The van der Waals surface area contributed by atoms with Gasteiger partial charge >= 0.3 is 0 Å². The van der Waals surface area contributed by atoms with Gasteiger partial charge in [-0.05, 0) is 24.7 Å². The fraction of sp³-hybridized carbons (Fsp3) is 0.923. The molecule has 0 radical (unpaired) electrons. The number of ketones is 1. The number of piperidine rings is 1. The second-order valence-corrected chi connectivity index (χ2v) is 7.87. The quantitative estimate of drug-likeness (QED) is 0.786. The van der Waals surface area contributed by atoms with E-state index in [1.807, 2.05) is 13.8 Å². The van der Waals surface area contributed by atoms with E-state index in [4.69, 9.17) is 5.73 Å². The fourth-order valence-corrected chi connectivity index (χ4v) is 3.65. The van der Waals surface area contributed by atoms with Gasteiger partial charge in [0.1, 0.15) is 5.78 Å². The average Bonchev–Trinajstić information content (AvgIpc) is 2.28. The van der Waals surface area contributed by atoms with Crippen molar-refractivity contribution < 1.29 is 13.2 Å². The first-order valence-electron chi connectivity index (χ1n) is 6.93. The summed E-state index contributed by atoms with van der Waals surface area (Å²) in [6.45, 7) is 5.42. The number of carbonyl (C=O) groups is 1. The third-order valence-corrected chi connectivity index (χ3v) is 5.18. The van der Waals surface area contributed by atoms with Gasteiger partial charge in [0.2, 0.25) is 10.0 Å². The number of nitrogens with zero attached hydrogens (tertiary/aromatic N) is 1. The second kappa shape index (κ2) is 6.81. The van der Waals surface area contributed by atoms with Crippen LogP contribution in [-0.2, 0) is 14.8 Å². The standard InChI is InChI=1S/C13H26N2O3S/c1-10(2)12(8-14)13(16)7-11-5-4-6-15(9-11)19(3,17)18/h10-12H,4-9,14H2,1-3H3. The summed E-state index contributed by atoms with van der Waals surface area (Å²) < 4.78 is 24.6. The van der Waals surface area contributed by atoms with Crippen LogP contribution < -0.4 is 5.73 Å². The van der Waals surface area contributed by atoms with E-state index in [1.54, 1.807) is 0 Å². The predicted octanol–water partition coefficient (Wildman–Crippen LogP) is 0.848. The van der Waals surface area contributed by atoms with Crippen LogP contribution in [0.25, 0.3) is 0 Å². The summed E-state index contributed by atoms with van der Waals surface area (Å²) in [5.41, 5.74) is 5.65. The number of hydrogen-bond acceptors (Lipinski definition) is 4. The van der Waals surface area contributed by atoms with Gasteiger partial charge in [-0.2, -0.15) is 0 Å². The first-order chi connectivity index (χ1) is 8.75. The van der Waals surface area contributed by atoms with Crippen LogP contribution in [0, 0.1) is 17.8 Å². The molecule has 0 bridgehead atoms.